The SMILES string of the molecule is C1C[N]1[Sb]([N]1CC1)[N]1CC1. The van der Waals surface area contributed by atoms with Crippen LogP contribution in [0.2, 0.25) is 0 Å². The molecule has 10 heavy (non-hydrogen) atoms. The number of nitrogens with zero attached hydrogens (tertiary/aromatic N) is 3. The van der Waals surface area contributed by atoms with Gasteiger partial charge in [-0.05, 0) is 0 Å². The van der Waals surface area contributed by atoms with Gasteiger partial charge in [0.1, 0.15) is 0 Å². The second-order valence-corrected chi connectivity index (χ2v) is 9.50. The maximum atomic E-state index is 2.72. The normalized spacial score (nSPS) is 33.3. The molecular weight excluding hydrogens is 236 g/mol. The Labute approximate surface area is 69.6 Å². The summed E-state index contributed by atoms with van der Waals surface area (Å²) in [6.07, 6.45) is 0. The van der Waals surface area contributed by atoms with Crippen LogP contribution < -0.4 is 0 Å². The van der Waals surface area contributed by atoms with Gasteiger partial charge >= 0.3 is 69.5 Å². The van der Waals surface area contributed by atoms with Gasteiger partial charge in [0, 0.05) is 0 Å². The van der Waals surface area contributed by atoms with Crippen LogP contribution in [0.1, 0.15) is 0 Å². The Morgan fingerprint density at radius 1 is 0.600 bits per heavy atom. The Balaban J connectivity index is 1.69. The first-order valence-corrected chi connectivity index (χ1v) is 7.42. The molecule has 0 radical (unpaired) electrons. The van der Waals surface area contributed by atoms with Crippen LogP contribution in [0.15, 0.2) is 0 Å². The molecule has 3 saturated heterocycles. The molecule has 0 atom stereocenters. The minimum atomic E-state index is -1.05. The molecule has 3 aliphatic heterocycles. The number of hydrogen-bond donors (Lipinski definition) is 0. The summed E-state index contributed by atoms with van der Waals surface area (Å²) in [6.45, 7) is 8.48. The topological polar surface area (TPSA) is 9.03 Å². The van der Waals surface area contributed by atoms with Crippen molar-refractivity contribution in [1.82, 2.24) is 9.18 Å². The predicted octanol–water partition coefficient (Wildman–Crippen LogP) is -1.08. The molecule has 0 aromatic heterocycles. The molecule has 0 saturated carbocycles. The molecule has 0 aromatic rings. The molecule has 0 aliphatic carbocycles. The Morgan fingerprint density at radius 3 is 1.10 bits per heavy atom. The van der Waals surface area contributed by atoms with Crippen molar-refractivity contribution in [2.24, 2.45) is 0 Å². The van der Waals surface area contributed by atoms with Crippen LogP contribution in [0.3, 0.4) is 0 Å². The van der Waals surface area contributed by atoms with Gasteiger partial charge in [0.15, 0.2) is 0 Å². The minimum absolute atomic E-state index is 1.05. The second-order valence-electron chi connectivity index (χ2n) is 3.13. The van der Waals surface area contributed by atoms with Gasteiger partial charge in [-0.15, -0.1) is 0 Å². The third-order valence-electron chi connectivity index (χ3n) is 2.03. The van der Waals surface area contributed by atoms with E-state index in [0.717, 1.165) is 0 Å². The molecule has 56 valence electrons. The molecule has 3 fully saturated rings. The summed E-state index contributed by atoms with van der Waals surface area (Å²) in [4.78, 5) is 0. The van der Waals surface area contributed by atoms with E-state index in [0.29, 0.717) is 0 Å². The first kappa shape index (κ1) is 6.24. The maximum absolute atomic E-state index is 2.72. The van der Waals surface area contributed by atoms with E-state index in [1.807, 2.05) is 0 Å². The van der Waals surface area contributed by atoms with Crippen molar-refractivity contribution in [3.63, 3.8) is 0 Å². The van der Waals surface area contributed by atoms with Crippen LogP contribution in [0.4, 0.5) is 0 Å². The van der Waals surface area contributed by atoms with Crippen molar-refractivity contribution in [1.29, 1.82) is 0 Å². The van der Waals surface area contributed by atoms with E-state index in [9.17, 15) is 0 Å². The van der Waals surface area contributed by atoms with Crippen molar-refractivity contribution in [2.45, 2.75) is 0 Å². The fourth-order valence-electron chi connectivity index (χ4n) is 1.21. The fourth-order valence-corrected chi connectivity index (χ4v) is 8.10. The fraction of sp³-hybridized carbons (Fsp3) is 1.00. The molecule has 0 amide bonds. The average molecular weight is 248 g/mol. The monoisotopic (exact) mass is 247 g/mol. The van der Waals surface area contributed by atoms with Crippen LogP contribution in [-0.4, -0.2) is 69.5 Å². The summed E-state index contributed by atoms with van der Waals surface area (Å²) in [5.74, 6) is 0. The van der Waals surface area contributed by atoms with E-state index in [2.05, 4.69) is 9.18 Å². The molecule has 0 unspecified atom stereocenters. The van der Waals surface area contributed by atoms with Crippen LogP contribution >= 0.6 is 0 Å². The van der Waals surface area contributed by atoms with Crippen LogP contribution in [0, 0.1) is 0 Å². The van der Waals surface area contributed by atoms with Gasteiger partial charge in [-0.2, -0.15) is 0 Å². The van der Waals surface area contributed by atoms with Crippen molar-refractivity contribution in [3.05, 3.63) is 0 Å². The van der Waals surface area contributed by atoms with E-state index >= 15 is 0 Å². The Bertz CT molecular complexity index is 123. The molecule has 0 aromatic carbocycles. The summed E-state index contributed by atoms with van der Waals surface area (Å²) in [5, 5.41) is 0. The van der Waals surface area contributed by atoms with Crippen molar-refractivity contribution < 1.29 is 0 Å². The quantitative estimate of drug-likeness (QED) is 0.464. The zero-order valence-electron chi connectivity index (χ0n) is 6.03. The molecular formula is C6H12N3Sb. The number of hydrogen-bond acceptors (Lipinski definition) is 3. The summed E-state index contributed by atoms with van der Waals surface area (Å²) in [6, 6.07) is 0. The van der Waals surface area contributed by atoms with Gasteiger partial charge in [0.25, 0.3) is 0 Å². The van der Waals surface area contributed by atoms with E-state index in [1.54, 1.807) is 0 Å². The second kappa shape index (κ2) is 2.10. The van der Waals surface area contributed by atoms with Gasteiger partial charge in [-0.25, -0.2) is 0 Å². The Hall–Kier alpha value is 0.698. The van der Waals surface area contributed by atoms with Crippen LogP contribution in [0.5, 0.6) is 0 Å². The third-order valence-corrected chi connectivity index (χ3v) is 9.79. The first-order valence-electron chi connectivity index (χ1n) is 4.00. The van der Waals surface area contributed by atoms with Crippen molar-refractivity contribution in [3.8, 4) is 0 Å². The Kier molecular flexibility index (Phi) is 1.31. The predicted molar refractivity (Wildman–Crippen MR) is 40.5 cm³/mol. The van der Waals surface area contributed by atoms with Crippen molar-refractivity contribution >= 4 is 21.0 Å². The van der Waals surface area contributed by atoms with Gasteiger partial charge in [-0.3, -0.25) is 0 Å². The molecule has 0 spiro atoms. The first-order chi connectivity index (χ1) is 4.95. The summed E-state index contributed by atoms with van der Waals surface area (Å²) < 4.78 is 8.18. The molecule has 3 nitrogen and oxygen atoms in total. The molecule has 3 heterocycles. The third kappa shape index (κ3) is 1.09. The molecule has 3 aliphatic rings. The zero-order valence-corrected chi connectivity index (χ0v) is 8.58. The van der Waals surface area contributed by atoms with E-state index < -0.39 is 21.0 Å². The average Bonchev–Trinajstić information content (AvgIpc) is 2.78. The van der Waals surface area contributed by atoms with Crippen LogP contribution in [0.25, 0.3) is 0 Å². The van der Waals surface area contributed by atoms with Gasteiger partial charge in [-0.1, -0.05) is 0 Å². The molecule has 0 N–H and O–H groups in total. The van der Waals surface area contributed by atoms with E-state index in [1.165, 1.54) is 39.3 Å². The molecule has 0 bridgehead atoms. The standard InChI is InChI=1S/3C2H4N.Sb/c3*1-2-3-1;/h3*1-2H2;/q3*-1;+3. The Morgan fingerprint density at radius 2 is 0.900 bits per heavy atom. The van der Waals surface area contributed by atoms with Crippen molar-refractivity contribution in [2.75, 3.05) is 39.3 Å². The van der Waals surface area contributed by atoms with E-state index in [-0.39, 0.29) is 0 Å². The van der Waals surface area contributed by atoms with Gasteiger partial charge in [0.05, 0.1) is 0 Å². The molecule has 3 rings (SSSR count). The zero-order chi connectivity index (χ0) is 6.55. The van der Waals surface area contributed by atoms with E-state index in [4.69, 9.17) is 0 Å². The summed E-state index contributed by atoms with van der Waals surface area (Å²) in [5.41, 5.74) is 0. The van der Waals surface area contributed by atoms with Gasteiger partial charge < -0.3 is 0 Å². The summed E-state index contributed by atoms with van der Waals surface area (Å²) >= 11 is -1.05. The molecule has 4 heteroatoms. The number of rotatable bonds is 3. The van der Waals surface area contributed by atoms with Crippen LogP contribution in [-0.2, 0) is 0 Å². The van der Waals surface area contributed by atoms with Gasteiger partial charge in [0.2, 0.25) is 0 Å². The summed E-state index contributed by atoms with van der Waals surface area (Å²) in [7, 11) is 0.